The Kier molecular flexibility index (Phi) is 3.59. The van der Waals surface area contributed by atoms with E-state index in [0.29, 0.717) is 6.04 Å². The quantitative estimate of drug-likeness (QED) is 0.828. The number of aromatic amines is 1. The molecule has 1 aliphatic rings. The molecule has 0 unspecified atom stereocenters. The van der Waals surface area contributed by atoms with Gasteiger partial charge in [0, 0.05) is 12.5 Å². The Bertz CT molecular complexity index is 330. The Labute approximate surface area is 97.5 Å². The number of nitrogens with zero attached hydrogens (tertiary/aromatic N) is 3. The van der Waals surface area contributed by atoms with Gasteiger partial charge >= 0.3 is 0 Å². The third-order valence-electron chi connectivity index (χ3n) is 3.82. The van der Waals surface area contributed by atoms with Gasteiger partial charge in [-0.2, -0.15) is 5.10 Å². The molecule has 0 spiro atoms. The average molecular weight is 222 g/mol. The van der Waals surface area contributed by atoms with Gasteiger partial charge in [-0.25, -0.2) is 4.98 Å². The maximum absolute atomic E-state index is 4.45. The van der Waals surface area contributed by atoms with Crippen molar-refractivity contribution in [3.05, 3.63) is 11.6 Å². The zero-order valence-electron chi connectivity index (χ0n) is 10.5. The van der Waals surface area contributed by atoms with Crippen LogP contribution in [0.15, 0.2) is 0 Å². The normalized spacial score (nSPS) is 18.8. The van der Waals surface area contributed by atoms with Crippen LogP contribution in [0, 0.1) is 5.92 Å². The summed E-state index contributed by atoms with van der Waals surface area (Å²) in [5.74, 6) is 2.80. The molecule has 2 rings (SSSR count). The van der Waals surface area contributed by atoms with Crippen molar-refractivity contribution in [2.75, 3.05) is 7.05 Å². The Morgan fingerprint density at radius 3 is 2.75 bits per heavy atom. The van der Waals surface area contributed by atoms with Gasteiger partial charge in [0.1, 0.15) is 11.6 Å². The van der Waals surface area contributed by atoms with Crippen molar-refractivity contribution >= 4 is 0 Å². The number of aryl methyl sites for hydroxylation is 1. The number of hydrogen-bond acceptors (Lipinski definition) is 3. The molecule has 0 bridgehead atoms. The maximum Gasteiger partial charge on any atom is 0.150 e. The van der Waals surface area contributed by atoms with Crippen LogP contribution in [0.25, 0.3) is 0 Å². The summed E-state index contributed by atoms with van der Waals surface area (Å²) in [5, 5.41) is 7.18. The molecule has 4 heteroatoms. The summed E-state index contributed by atoms with van der Waals surface area (Å²) in [5.41, 5.74) is 0. The molecule has 1 N–H and O–H groups in total. The van der Waals surface area contributed by atoms with Crippen molar-refractivity contribution in [1.82, 2.24) is 20.1 Å². The van der Waals surface area contributed by atoms with Gasteiger partial charge in [0.25, 0.3) is 0 Å². The first kappa shape index (κ1) is 11.6. The topological polar surface area (TPSA) is 44.8 Å². The first-order valence-corrected chi connectivity index (χ1v) is 6.31. The van der Waals surface area contributed by atoms with Crippen molar-refractivity contribution < 1.29 is 0 Å². The summed E-state index contributed by atoms with van der Waals surface area (Å²) in [7, 11) is 2.18. The summed E-state index contributed by atoms with van der Waals surface area (Å²) < 4.78 is 0. The van der Waals surface area contributed by atoms with Gasteiger partial charge in [-0.1, -0.05) is 13.3 Å². The van der Waals surface area contributed by atoms with Crippen molar-refractivity contribution in [2.24, 2.45) is 5.92 Å². The number of rotatable bonds is 5. The Hall–Kier alpha value is -0.900. The summed E-state index contributed by atoms with van der Waals surface area (Å²) in [6.45, 7) is 5.28. The molecular weight excluding hydrogens is 200 g/mol. The molecule has 1 heterocycles. The molecule has 0 aliphatic heterocycles. The molecule has 90 valence electrons. The van der Waals surface area contributed by atoms with E-state index in [1.54, 1.807) is 0 Å². The highest BCUT2D eigenvalue weighted by atomic mass is 15.2. The predicted molar refractivity (Wildman–Crippen MR) is 64.0 cm³/mol. The summed E-state index contributed by atoms with van der Waals surface area (Å²) in [6.07, 6.45) is 5.09. The molecule has 0 amide bonds. The number of hydrogen-bond donors (Lipinski definition) is 1. The van der Waals surface area contributed by atoms with Crippen molar-refractivity contribution in [2.45, 2.75) is 52.1 Å². The van der Waals surface area contributed by atoms with Gasteiger partial charge in [-0.15, -0.1) is 0 Å². The second-order valence-corrected chi connectivity index (χ2v) is 4.90. The van der Waals surface area contributed by atoms with Crippen LogP contribution in [0.3, 0.4) is 0 Å². The number of H-pyrrole nitrogens is 1. The summed E-state index contributed by atoms with van der Waals surface area (Å²) in [6, 6.07) is 0.656. The van der Waals surface area contributed by atoms with Crippen LogP contribution in [0.5, 0.6) is 0 Å². The minimum atomic E-state index is 0.656. The van der Waals surface area contributed by atoms with E-state index in [1.165, 1.54) is 19.3 Å². The van der Waals surface area contributed by atoms with Crippen molar-refractivity contribution in [3.8, 4) is 0 Å². The van der Waals surface area contributed by atoms with Crippen LogP contribution in [0.2, 0.25) is 0 Å². The van der Waals surface area contributed by atoms with Gasteiger partial charge < -0.3 is 0 Å². The zero-order chi connectivity index (χ0) is 11.5. The molecule has 16 heavy (non-hydrogen) atoms. The van der Waals surface area contributed by atoms with E-state index in [-0.39, 0.29) is 0 Å². The second kappa shape index (κ2) is 4.95. The van der Waals surface area contributed by atoms with E-state index in [4.69, 9.17) is 0 Å². The van der Waals surface area contributed by atoms with Gasteiger partial charge in [0.15, 0.2) is 0 Å². The fourth-order valence-corrected chi connectivity index (χ4v) is 2.23. The molecule has 1 saturated carbocycles. The highest BCUT2D eigenvalue weighted by Crippen LogP contribution is 2.31. The number of aromatic nitrogens is 3. The smallest absolute Gasteiger partial charge is 0.150 e. The first-order chi connectivity index (χ1) is 7.70. The van der Waals surface area contributed by atoms with Crippen LogP contribution in [-0.4, -0.2) is 33.2 Å². The van der Waals surface area contributed by atoms with Crippen LogP contribution in [0.1, 0.15) is 44.8 Å². The van der Waals surface area contributed by atoms with E-state index in [9.17, 15) is 0 Å². The molecule has 4 nitrogen and oxygen atoms in total. The lowest BCUT2D eigenvalue weighted by Crippen LogP contribution is -2.38. The minimum Gasteiger partial charge on any atom is -0.296 e. The Morgan fingerprint density at radius 2 is 2.25 bits per heavy atom. The Morgan fingerprint density at radius 1 is 1.50 bits per heavy atom. The molecule has 0 radical (unpaired) electrons. The second-order valence-electron chi connectivity index (χ2n) is 4.90. The molecule has 0 saturated heterocycles. The van der Waals surface area contributed by atoms with E-state index in [2.05, 4.69) is 41.0 Å². The zero-order valence-corrected chi connectivity index (χ0v) is 10.5. The lowest BCUT2D eigenvalue weighted by Gasteiger charge is -2.36. The molecule has 1 aliphatic carbocycles. The van der Waals surface area contributed by atoms with Crippen LogP contribution in [0.4, 0.5) is 0 Å². The molecule has 1 fully saturated rings. The summed E-state index contributed by atoms with van der Waals surface area (Å²) in [4.78, 5) is 6.82. The van der Waals surface area contributed by atoms with Crippen molar-refractivity contribution in [1.29, 1.82) is 0 Å². The molecule has 0 aromatic carbocycles. The highest BCUT2D eigenvalue weighted by molar-refractivity contribution is 4.91. The van der Waals surface area contributed by atoms with Gasteiger partial charge in [-0.3, -0.25) is 10.00 Å². The maximum atomic E-state index is 4.45. The SMILES string of the molecule is CCc1n[nH]c(CN(C)[C@@H](C)C2CCC2)n1. The monoisotopic (exact) mass is 222 g/mol. The fraction of sp³-hybridized carbons (Fsp3) is 0.833. The third-order valence-corrected chi connectivity index (χ3v) is 3.82. The molecule has 1 atom stereocenters. The predicted octanol–water partition coefficient (Wildman–Crippen LogP) is 1.99. The first-order valence-electron chi connectivity index (χ1n) is 6.31. The molecular formula is C12H22N4. The molecule has 1 aromatic heterocycles. The van der Waals surface area contributed by atoms with Gasteiger partial charge in [0.05, 0.1) is 6.54 Å². The van der Waals surface area contributed by atoms with E-state index in [1.807, 2.05) is 0 Å². The number of nitrogens with one attached hydrogen (secondary N) is 1. The average Bonchev–Trinajstić information content (AvgIpc) is 2.62. The van der Waals surface area contributed by atoms with Crippen molar-refractivity contribution in [3.63, 3.8) is 0 Å². The van der Waals surface area contributed by atoms with Gasteiger partial charge in [0.2, 0.25) is 0 Å². The molecule has 1 aromatic rings. The van der Waals surface area contributed by atoms with E-state index in [0.717, 1.165) is 30.5 Å². The summed E-state index contributed by atoms with van der Waals surface area (Å²) >= 11 is 0. The Balaban J connectivity index is 1.87. The van der Waals surface area contributed by atoms with Crippen LogP contribution < -0.4 is 0 Å². The highest BCUT2D eigenvalue weighted by Gasteiger charge is 2.26. The van der Waals surface area contributed by atoms with Gasteiger partial charge in [-0.05, 0) is 32.7 Å². The largest absolute Gasteiger partial charge is 0.296 e. The van der Waals surface area contributed by atoms with Crippen LogP contribution in [-0.2, 0) is 13.0 Å². The minimum absolute atomic E-state index is 0.656. The lowest BCUT2D eigenvalue weighted by atomic mass is 9.80. The van der Waals surface area contributed by atoms with E-state index >= 15 is 0 Å². The van der Waals surface area contributed by atoms with E-state index < -0.39 is 0 Å². The third kappa shape index (κ3) is 2.43. The standard InChI is InChI=1S/C12H22N4/c1-4-11-13-12(15-14-11)8-16(3)9(2)10-6-5-7-10/h9-10H,4-8H2,1-3H3,(H,13,14,15)/t9-/m0/s1. The fourth-order valence-electron chi connectivity index (χ4n) is 2.23. The van der Waals surface area contributed by atoms with Crippen LogP contribution >= 0.6 is 0 Å². The lowest BCUT2D eigenvalue weighted by molar-refractivity contribution is 0.124.